The number of ether oxygens (including phenoxy) is 18. The number of carbonyl (C=O) groups is 12. The highest BCUT2D eigenvalue weighted by atomic mass is 32.2. The van der Waals surface area contributed by atoms with Crippen LogP contribution in [0.4, 0.5) is 0 Å². The zero-order valence-electron chi connectivity index (χ0n) is 53.3. The van der Waals surface area contributed by atoms with E-state index in [1.165, 1.54) is 0 Å². The summed E-state index contributed by atoms with van der Waals surface area (Å²) in [5.41, 5.74) is -4.17. The second kappa shape index (κ2) is 41.8. The highest BCUT2D eigenvalue weighted by Crippen LogP contribution is 2.38. The zero-order valence-corrected chi connectivity index (χ0v) is 56.6. The Kier molecular flexibility index (Phi) is 36.6. The number of thioether (sulfide) groups is 3. The number of esters is 12. The fourth-order valence-electron chi connectivity index (χ4n) is 9.38. The summed E-state index contributed by atoms with van der Waals surface area (Å²) in [7, 11) is 0. The molecule has 0 N–H and O–H groups in total. The molecule has 3 saturated heterocycles. The second-order valence-electron chi connectivity index (χ2n) is 20.9. The van der Waals surface area contributed by atoms with Crippen molar-refractivity contribution in [1.29, 1.82) is 0 Å². The maximum Gasteiger partial charge on any atom is 0.303 e. The minimum Gasteiger partial charge on any atom is -0.463 e. The molecule has 3 fully saturated rings. The van der Waals surface area contributed by atoms with Crippen LogP contribution in [0.25, 0.3) is 0 Å². The van der Waals surface area contributed by atoms with Gasteiger partial charge in [-0.1, -0.05) is 0 Å². The van der Waals surface area contributed by atoms with Crippen LogP contribution in [-0.2, 0) is 143 Å². The van der Waals surface area contributed by atoms with E-state index in [0.717, 1.165) is 118 Å². The van der Waals surface area contributed by atoms with E-state index in [1.807, 2.05) is 0 Å². The maximum atomic E-state index is 12.4. The summed E-state index contributed by atoms with van der Waals surface area (Å²) in [5, 5.41) is 2.38. The van der Waals surface area contributed by atoms with Crippen LogP contribution in [0.5, 0.6) is 0 Å². The van der Waals surface area contributed by atoms with Gasteiger partial charge in [0.1, 0.15) is 54.4 Å². The molecule has 0 amide bonds. The molecule has 0 saturated carbocycles. The molecule has 31 nitrogen and oxygen atoms in total. The first kappa shape index (κ1) is 80.5. The summed E-state index contributed by atoms with van der Waals surface area (Å²) in [6, 6.07) is 0. The lowest BCUT2D eigenvalue weighted by molar-refractivity contribution is -0.237. The molecule has 3 heterocycles. The van der Waals surface area contributed by atoms with Gasteiger partial charge in [-0.2, -0.15) is 0 Å². The molecule has 0 bridgehead atoms. The zero-order chi connectivity index (χ0) is 68.7. The number of hydrogen-bond acceptors (Lipinski definition) is 35. The van der Waals surface area contributed by atoms with Crippen LogP contribution in [-0.4, -0.2) is 250 Å². The Balaban J connectivity index is 1.88. The number of aliphatic imine (C=N–C) groups is 1. The molecule has 0 radical (unpaired) electrons. The van der Waals surface area contributed by atoms with Crippen molar-refractivity contribution in [3.05, 3.63) is 0 Å². The lowest BCUT2D eigenvalue weighted by Crippen LogP contribution is -2.61. The first-order valence-electron chi connectivity index (χ1n) is 29.0. The van der Waals surface area contributed by atoms with Crippen LogP contribution in [0.2, 0.25) is 0 Å². The van der Waals surface area contributed by atoms with E-state index in [2.05, 4.69) is 10.2 Å². The van der Waals surface area contributed by atoms with E-state index >= 15 is 0 Å². The minimum atomic E-state index is -1.36. The third-order valence-electron chi connectivity index (χ3n) is 12.7. The van der Waals surface area contributed by atoms with Crippen LogP contribution in [0.15, 0.2) is 4.99 Å². The maximum absolute atomic E-state index is 12.4. The molecule has 0 aromatic rings. The molecular weight excluding hydrogens is 1310 g/mol. The number of thiocarbonyl (C=S) groups is 1. The largest absolute Gasteiger partial charge is 0.463 e. The van der Waals surface area contributed by atoms with Gasteiger partial charge in [0.2, 0.25) is 0 Å². The predicted molar refractivity (Wildman–Crippen MR) is 322 cm³/mol. The topological polar surface area (TPSA) is 383 Å². The van der Waals surface area contributed by atoms with Gasteiger partial charge in [0.15, 0.2) is 54.9 Å². The Morgan fingerprint density at radius 3 is 0.804 bits per heavy atom. The molecule has 0 aromatic heterocycles. The summed E-state index contributed by atoms with van der Waals surface area (Å²) < 4.78 is 103. The molecule has 0 aliphatic carbocycles. The van der Waals surface area contributed by atoms with Gasteiger partial charge in [0.05, 0.1) is 36.9 Å². The summed E-state index contributed by atoms with van der Waals surface area (Å²) in [4.78, 5) is 151. The van der Waals surface area contributed by atoms with E-state index in [1.54, 1.807) is 0 Å². The number of rotatable bonds is 38. The average molecular weight is 1390 g/mol. The van der Waals surface area contributed by atoms with Crippen LogP contribution in [0, 0.1) is 5.41 Å². The number of carbonyl (C=O) groups excluding carboxylic acids is 12. The molecule has 0 aromatic carbocycles. The lowest BCUT2D eigenvalue weighted by atomic mass is 9.91. The smallest absolute Gasteiger partial charge is 0.303 e. The monoisotopic (exact) mass is 1390 g/mol. The Hall–Kier alpha value is -5.75. The van der Waals surface area contributed by atoms with E-state index in [-0.39, 0.29) is 63.4 Å². The third-order valence-corrected chi connectivity index (χ3v) is 16.5. The van der Waals surface area contributed by atoms with Gasteiger partial charge in [-0.25, -0.2) is 4.99 Å². The van der Waals surface area contributed by atoms with Crippen molar-refractivity contribution in [3.8, 4) is 0 Å². The Morgan fingerprint density at radius 2 is 0.587 bits per heavy atom. The molecule has 520 valence electrons. The standard InChI is InChI=1S/C57H83NO30S4/c1-30(59)74-22-42-45(77-33(4)62)48(80-36(7)65)51(83-39(10)68)54(86-42)90-19-13-16-71-26-57(25-58-29-89,27-72-17-14-20-91-55-52(84-40(11)69)49(81-37(8)66)46(78-34(5)63)43(87-55)23-75-31(2)60)28-73-18-15-21-92-56-53(85-41(12)70)50(82-38(9)67)47(79-35(6)64)44(88-56)24-76-32(3)61/h42-56H,13-28H2,1-12H3/t42-,43-,44-,45-,46-,47-,48+,49+,50+,51-,52-,53-,54+,55+,56+/m1/s1. The Bertz CT molecular complexity index is 2290. The molecule has 35 heteroatoms. The van der Waals surface area contributed by atoms with Crippen molar-refractivity contribution in [3.63, 3.8) is 0 Å². The predicted octanol–water partition coefficient (Wildman–Crippen LogP) is 2.74. The fraction of sp³-hybridized carbons (Fsp3) is 0.772. The van der Waals surface area contributed by atoms with Crippen molar-refractivity contribution in [2.75, 3.05) is 83.3 Å². The van der Waals surface area contributed by atoms with E-state index in [0.29, 0.717) is 19.3 Å². The molecule has 3 aliphatic rings. The highest BCUT2D eigenvalue weighted by molar-refractivity contribution is 8.00. The second-order valence-corrected chi connectivity index (χ2v) is 24.7. The Morgan fingerprint density at radius 1 is 0.359 bits per heavy atom. The van der Waals surface area contributed by atoms with Crippen molar-refractivity contribution in [1.82, 2.24) is 0 Å². The molecule has 3 rings (SSSR count). The minimum absolute atomic E-state index is 0.0189. The number of nitrogens with zero attached hydrogens (tertiary/aromatic N) is 1. The molecule has 92 heavy (non-hydrogen) atoms. The molecule has 15 atom stereocenters. The normalized spacial score (nSPS) is 26.0. The van der Waals surface area contributed by atoms with Crippen LogP contribution in [0.1, 0.15) is 102 Å². The highest BCUT2D eigenvalue weighted by Gasteiger charge is 2.55. The van der Waals surface area contributed by atoms with Crippen molar-refractivity contribution in [2.24, 2.45) is 10.4 Å². The van der Waals surface area contributed by atoms with Gasteiger partial charge in [0.25, 0.3) is 0 Å². The molecule has 0 spiro atoms. The van der Waals surface area contributed by atoms with E-state index in [4.69, 9.17) is 97.5 Å². The third kappa shape index (κ3) is 29.7. The van der Waals surface area contributed by atoms with Crippen LogP contribution in [0.3, 0.4) is 0 Å². The number of isothiocyanates is 1. The van der Waals surface area contributed by atoms with E-state index in [9.17, 15) is 57.5 Å². The number of hydrogen-bond donors (Lipinski definition) is 0. The van der Waals surface area contributed by atoms with E-state index < -0.39 is 186 Å². The van der Waals surface area contributed by atoms with Crippen molar-refractivity contribution < 1.29 is 143 Å². The summed E-state index contributed by atoms with van der Waals surface area (Å²) in [6.45, 7) is 12.5. The van der Waals surface area contributed by atoms with Gasteiger partial charge < -0.3 is 85.3 Å². The van der Waals surface area contributed by atoms with Crippen molar-refractivity contribution >= 4 is 124 Å². The Labute approximate surface area is 550 Å². The van der Waals surface area contributed by atoms with Gasteiger partial charge in [0, 0.05) is 103 Å². The average Bonchev–Trinajstić information content (AvgIpc) is 0.855. The fourth-order valence-corrected chi connectivity index (χ4v) is 12.9. The van der Waals surface area contributed by atoms with Gasteiger partial charge >= 0.3 is 71.6 Å². The summed E-state index contributed by atoms with van der Waals surface area (Å²) in [6.07, 6.45) is -14.4. The SMILES string of the molecule is CC(=O)OC[C@H]1O[C@@H](SCCCOCC(CN=C=S)(COCCCS[C@@H]2O[C@H](COC(C)=O)[C@@H](OC(C)=O)[C@H](OC(C)=O)[C@H]2OC(C)=O)COCCCS[C@@H]2O[C@H](COC(C)=O)[C@@H](OC(C)=O)[C@H](OC(C)=O)[C@H]2OC(C)=O)[C@H](OC(C)=O)[C@@H](OC(C)=O)[C@@H]1OC(C)=O. The summed E-state index contributed by atoms with van der Waals surface area (Å²) in [5.74, 6) is -8.13. The van der Waals surface area contributed by atoms with Crippen LogP contribution < -0.4 is 0 Å². The first-order valence-corrected chi connectivity index (χ1v) is 32.5. The van der Waals surface area contributed by atoms with Gasteiger partial charge in [-0.3, -0.25) is 57.5 Å². The molecule has 3 aliphatic heterocycles. The lowest BCUT2D eigenvalue weighted by Gasteiger charge is -2.44. The molecule has 0 unspecified atom stereocenters. The molecular formula is C57H83NO30S4. The summed E-state index contributed by atoms with van der Waals surface area (Å²) >= 11 is 8.48. The quantitative estimate of drug-likeness (QED) is 0.0282. The van der Waals surface area contributed by atoms with Crippen molar-refractivity contribution in [2.45, 2.75) is 192 Å². The van der Waals surface area contributed by atoms with Gasteiger partial charge in [-0.15, -0.1) is 35.3 Å². The first-order chi connectivity index (χ1) is 43.4. The van der Waals surface area contributed by atoms with Crippen LogP contribution >= 0.6 is 47.5 Å². The van der Waals surface area contributed by atoms with Gasteiger partial charge in [-0.05, 0) is 48.7 Å².